The van der Waals surface area contributed by atoms with Gasteiger partial charge >= 0.3 is 0 Å². The molecule has 0 spiro atoms. The number of benzene rings is 2. The zero-order valence-corrected chi connectivity index (χ0v) is 9.15. The molecule has 0 saturated heterocycles. The van der Waals surface area contributed by atoms with E-state index >= 15 is 0 Å². The van der Waals surface area contributed by atoms with E-state index in [1.165, 1.54) is 0 Å². The largest absolute Gasteiger partial charge is 0.508 e. The molecule has 82 valence electrons. The van der Waals surface area contributed by atoms with Crippen LogP contribution in [0.15, 0.2) is 53.4 Å². The lowest BCUT2D eigenvalue weighted by Crippen LogP contribution is -1.88. The lowest BCUT2D eigenvalue weighted by atomic mass is 10.1. The van der Waals surface area contributed by atoms with Crippen molar-refractivity contribution in [2.75, 3.05) is 0 Å². The van der Waals surface area contributed by atoms with Crippen molar-refractivity contribution in [2.24, 2.45) is 0 Å². The normalized spacial score (nSPS) is 12.3. The van der Waals surface area contributed by atoms with Crippen LogP contribution in [0.5, 0.6) is 5.75 Å². The molecule has 0 radical (unpaired) electrons. The molecule has 0 saturated carbocycles. The Kier molecular flexibility index (Phi) is 3.03. The highest BCUT2D eigenvalue weighted by atomic mass is 32.2. The van der Waals surface area contributed by atoms with Gasteiger partial charge in [-0.1, -0.05) is 24.3 Å². The van der Waals surface area contributed by atoms with E-state index in [1.807, 2.05) is 6.07 Å². The van der Waals surface area contributed by atoms with E-state index in [9.17, 15) is 4.21 Å². The molecule has 0 heterocycles. The Balaban J connectivity index is 2.44. The minimum Gasteiger partial charge on any atom is -0.508 e. The highest BCUT2D eigenvalue weighted by Gasteiger charge is 2.02. The molecule has 0 aliphatic rings. The molecule has 2 N–H and O–H groups in total. The van der Waals surface area contributed by atoms with Crippen molar-refractivity contribution in [1.82, 2.24) is 0 Å². The summed E-state index contributed by atoms with van der Waals surface area (Å²) in [5.74, 6) is 0.200. The highest BCUT2D eigenvalue weighted by Crippen LogP contribution is 2.23. The van der Waals surface area contributed by atoms with Crippen molar-refractivity contribution in [3.63, 3.8) is 0 Å². The highest BCUT2D eigenvalue weighted by molar-refractivity contribution is 7.79. The molecule has 0 aliphatic heterocycles. The van der Waals surface area contributed by atoms with Crippen molar-refractivity contribution in [3.8, 4) is 16.9 Å². The predicted octanol–water partition coefficient (Wildman–Crippen LogP) is 2.64. The molecule has 1 unspecified atom stereocenters. The first-order chi connectivity index (χ1) is 7.66. The molecule has 4 heteroatoms. The summed E-state index contributed by atoms with van der Waals surface area (Å²) in [5, 5.41) is 9.16. The van der Waals surface area contributed by atoms with Crippen LogP contribution in [0.3, 0.4) is 0 Å². The average Bonchev–Trinajstić information content (AvgIpc) is 2.30. The summed E-state index contributed by atoms with van der Waals surface area (Å²) in [6.07, 6.45) is 0. The molecular formula is C12H10O3S. The van der Waals surface area contributed by atoms with E-state index in [-0.39, 0.29) is 5.75 Å². The predicted molar refractivity (Wildman–Crippen MR) is 62.6 cm³/mol. The van der Waals surface area contributed by atoms with Crippen LogP contribution >= 0.6 is 0 Å². The quantitative estimate of drug-likeness (QED) is 0.785. The van der Waals surface area contributed by atoms with Gasteiger partial charge in [0, 0.05) is 0 Å². The number of phenolic OH excluding ortho intramolecular Hbond substituents is 1. The van der Waals surface area contributed by atoms with Gasteiger partial charge in [0.2, 0.25) is 0 Å². The summed E-state index contributed by atoms with van der Waals surface area (Å²) in [6.45, 7) is 0. The maximum absolute atomic E-state index is 10.9. The van der Waals surface area contributed by atoms with Gasteiger partial charge in [-0.25, -0.2) is 4.21 Å². The molecule has 0 amide bonds. The zero-order valence-electron chi connectivity index (χ0n) is 8.33. The first-order valence-electron chi connectivity index (χ1n) is 4.67. The minimum atomic E-state index is -1.97. The van der Waals surface area contributed by atoms with Crippen LogP contribution in [0.1, 0.15) is 0 Å². The summed E-state index contributed by atoms with van der Waals surface area (Å²) < 4.78 is 19.9. The Labute approximate surface area is 95.7 Å². The third kappa shape index (κ3) is 2.29. The molecule has 0 fully saturated rings. The molecule has 2 aromatic rings. The van der Waals surface area contributed by atoms with Crippen molar-refractivity contribution >= 4 is 11.1 Å². The summed E-state index contributed by atoms with van der Waals surface area (Å²) in [7, 11) is 0. The Morgan fingerprint density at radius 1 is 0.938 bits per heavy atom. The molecule has 1 atom stereocenters. The number of hydrogen-bond acceptors (Lipinski definition) is 2. The number of hydrogen-bond donors (Lipinski definition) is 2. The van der Waals surface area contributed by atoms with Gasteiger partial charge in [0.15, 0.2) is 11.1 Å². The molecule has 0 aromatic heterocycles. The molecular weight excluding hydrogens is 224 g/mol. The van der Waals surface area contributed by atoms with Crippen LogP contribution in [-0.4, -0.2) is 13.9 Å². The smallest absolute Gasteiger partial charge is 0.186 e. The van der Waals surface area contributed by atoms with Crippen LogP contribution < -0.4 is 0 Å². The van der Waals surface area contributed by atoms with E-state index in [4.69, 9.17) is 9.66 Å². The van der Waals surface area contributed by atoms with Crippen LogP contribution in [0.4, 0.5) is 0 Å². The van der Waals surface area contributed by atoms with E-state index in [0.29, 0.717) is 4.90 Å². The Morgan fingerprint density at radius 2 is 1.62 bits per heavy atom. The summed E-state index contributed by atoms with van der Waals surface area (Å²) in [5.41, 5.74) is 1.74. The molecule has 3 nitrogen and oxygen atoms in total. The van der Waals surface area contributed by atoms with Gasteiger partial charge in [0.1, 0.15) is 5.75 Å². The van der Waals surface area contributed by atoms with Gasteiger partial charge in [0.25, 0.3) is 0 Å². The van der Waals surface area contributed by atoms with Gasteiger partial charge in [-0.15, -0.1) is 0 Å². The second kappa shape index (κ2) is 4.47. The fourth-order valence-corrected chi connectivity index (χ4v) is 1.86. The first kappa shape index (κ1) is 10.9. The third-order valence-electron chi connectivity index (χ3n) is 2.24. The maximum Gasteiger partial charge on any atom is 0.186 e. The SMILES string of the molecule is O=S(O)c1cccc(-c2ccc(O)cc2)c1. The fraction of sp³-hybridized carbons (Fsp3) is 0. The van der Waals surface area contributed by atoms with Gasteiger partial charge in [-0.05, 0) is 35.4 Å². The lowest BCUT2D eigenvalue weighted by molar-refractivity contribution is 0.475. The second-order valence-electron chi connectivity index (χ2n) is 3.32. The third-order valence-corrected chi connectivity index (χ3v) is 2.89. The molecule has 0 bridgehead atoms. The van der Waals surface area contributed by atoms with Crippen molar-refractivity contribution < 1.29 is 13.9 Å². The van der Waals surface area contributed by atoms with Gasteiger partial charge in [-0.2, -0.15) is 0 Å². The molecule has 2 rings (SSSR count). The molecule has 2 aromatic carbocycles. The molecule has 16 heavy (non-hydrogen) atoms. The van der Waals surface area contributed by atoms with Gasteiger partial charge < -0.3 is 9.66 Å². The van der Waals surface area contributed by atoms with Gasteiger partial charge in [0.05, 0.1) is 4.90 Å². The van der Waals surface area contributed by atoms with Crippen LogP contribution in [-0.2, 0) is 11.1 Å². The number of phenols is 1. The van der Waals surface area contributed by atoms with E-state index in [2.05, 4.69) is 0 Å². The summed E-state index contributed by atoms with van der Waals surface area (Å²) in [6, 6.07) is 13.5. The van der Waals surface area contributed by atoms with Gasteiger partial charge in [-0.3, -0.25) is 0 Å². The standard InChI is InChI=1S/C12H10O3S/c13-11-6-4-9(5-7-11)10-2-1-3-12(8-10)16(14)15/h1-8,13H,(H,14,15). The van der Waals surface area contributed by atoms with Crippen molar-refractivity contribution in [2.45, 2.75) is 4.90 Å². The minimum absolute atomic E-state index is 0.200. The van der Waals surface area contributed by atoms with Crippen LogP contribution in [0.2, 0.25) is 0 Å². The molecule has 0 aliphatic carbocycles. The Bertz CT molecular complexity index is 520. The topological polar surface area (TPSA) is 57.5 Å². The first-order valence-corrected chi connectivity index (χ1v) is 5.78. The number of rotatable bonds is 2. The lowest BCUT2D eigenvalue weighted by Gasteiger charge is -2.03. The van der Waals surface area contributed by atoms with E-state index in [0.717, 1.165) is 11.1 Å². The zero-order chi connectivity index (χ0) is 11.5. The average molecular weight is 234 g/mol. The maximum atomic E-state index is 10.9. The van der Waals surface area contributed by atoms with Crippen LogP contribution in [0, 0.1) is 0 Å². The van der Waals surface area contributed by atoms with E-state index < -0.39 is 11.1 Å². The van der Waals surface area contributed by atoms with Crippen LogP contribution in [0.25, 0.3) is 11.1 Å². The van der Waals surface area contributed by atoms with Crippen molar-refractivity contribution in [3.05, 3.63) is 48.5 Å². The fourth-order valence-electron chi connectivity index (χ4n) is 1.44. The second-order valence-corrected chi connectivity index (χ2v) is 4.29. The Morgan fingerprint density at radius 3 is 2.25 bits per heavy atom. The summed E-state index contributed by atoms with van der Waals surface area (Å²) >= 11 is -1.97. The summed E-state index contributed by atoms with van der Waals surface area (Å²) in [4.78, 5) is 0.366. The number of aromatic hydroxyl groups is 1. The van der Waals surface area contributed by atoms with E-state index in [1.54, 1.807) is 42.5 Å². The monoisotopic (exact) mass is 234 g/mol. The Hall–Kier alpha value is -1.65. The van der Waals surface area contributed by atoms with Crippen molar-refractivity contribution in [1.29, 1.82) is 0 Å².